The van der Waals surface area contributed by atoms with E-state index in [1.54, 1.807) is 11.3 Å². The van der Waals surface area contributed by atoms with Crippen molar-refractivity contribution in [2.75, 3.05) is 0 Å². The van der Waals surface area contributed by atoms with Crippen molar-refractivity contribution in [3.8, 4) is 11.4 Å². The van der Waals surface area contributed by atoms with Gasteiger partial charge in [0.2, 0.25) is 5.55 Å². The monoisotopic (exact) mass is 363 g/mol. The minimum Gasteiger partial charge on any atom is -0.438 e. The second-order valence-electron chi connectivity index (χ2n) is 6.97. The van der Waals surface area contributed by atoms with Gasteiger partial charge < -0.3 is 9.40 Å². The third-order valence-corrected chi connectivity index (χ3v) is 6.24. The van der Waals surface area contributed by atoms with E-state index in [4.69, 9.17) is 9.83 Å². The van der Waals surface area contributed by atoms with Crippen LogP contribution in [-0.2, 0) is 12.8 Å². The van der Waals surface area contributed by atoms with E-state index in [9.17, 15) is 4.79 Å². The highest BCUT2D eigenvalue weighted by Crippen LogP contribution is 2.36. The highest BCUT2D eigenvalue weighted by Gasteiger charge is 2.23. The van der Waals surface area contributed by atoms with Crippen LogP contribution in [0.25, 0.3) is 32.6 Å². The highest BCUT2D eigenvalue weighted by molar-refractivity contribution is 7.18. The van der Waals surface area contributed by atoms with Gasteiger partial charge in [0.05, 0.1) is 10.9 Å². The molecule has 3 aromatic heterocycles. The van der Waals surface area contributed by atoms with Crippen LogP contribution in [0.4, 0.5) is 0 Å². The van der Waals surface area contributed by atoms with E-state index >= 15 is 0 Å². The predicted molar refractivity (Wildman–Crippen MR) is 102 cm³/mol. The molecule has 1 atom stereocenters. The van der Waals surface area contributed by atoms with Crippen molar-refractivity contribution in [3.63, 3.8) is 0 Å². The number of aryl methyl sites for hydroxylation is 1. The smallest absolute Gasteiger partial charge is 0.260 e. The molecule has 5 rings (SSSR count). The van der Waals surface area contributed by atoms with Crippen LogP contribution in [0.2, 0.25) is 0 Å². The van der Waals surface area contributed by atoms with Crippen LogP contribution >= 0.6 is 11.3 Å². The number of aromatic amines is 1. The standard InChI is InChI=1S/C20H17N3O2S/c1-10-6-7-12-15(8-10)26-20-16(12)19(24)22-18(23-20)13-9-11-4-2-3-5-14(11)25-17(13)21/h2-5,9-10,21H,6-8H2,1H3,(H,22,23,24). The summed E-state index contributed by atoms with van der Waals surface area (Å²) < 4.78 is 5.60. The molecule has 1 aliphatic rings. The predicted octanol–water partition coefficient (Wildman–Crippen LogP) is 4.00. The molecular weight excluding hydrogens is 346 g/mol. The lowest BCUT2D eigenvalue weighted by Crippen LogP contribution is -2.15. The van der Waals surface area contributed by atoms with Gasteiger partial charge in [0.1, 0.15) is 16.2 Å². The van der Waals surface area contributed by atoms with Gasteiger partial charge in [-0.15, -0.1) is 11.3 Å². The van der Waals surface area contributed by atoms with E-state index in [-0.39, 0.29) is 11.1 Å². The maximum absolute atomic E-state index is 12.8. The van der Waals surface area contributed by atoms with Gasteiger partial charge in [-0.1, -0.05) is 25.1 Å². The summed E-state index contributed by atoms with van der Waals surface area (Å²) in [5.74, 6) is 1.04. The molecule has 0 saturated carbocycles. The minimum absolute atomic E-state index is 0.00106. The fourth-order valence-corrected chi connectivity index (χ4v) is 5.11. The van der Waals surface area contributed by atoms with Crippen LogP contribution in [0.3, 0.4) is 0 Å². The largest absolute Gasteiger partial charge is 0.438 e. The number of fused-ring (bicyclic) bond motifs is 4. The summed E-state index contributed by atoms with van der Waals surface area (Å²) in [6, 6.07) is 9.38. The molecule has 0 spiro atoms. The summed E-state index contributed by atoms with van der Waals surface area (Å²) >= 11 is 1.61. The zero-order chi connectivity index (χ0) is 17.8. The quantitative estimate of drug-likeness (QED) is 0.536. The minimum atomic E-state index is -0.121. The highest BCUT2D eigenvalue weighted by atomic mass is 32.1. The molecule has 0 fully saturated rings. The van der Waals surface area contributed by atoms with E-state index in [1.165, 1.54) is 4.88 Å². The lowest BCUT2D eigenvalue weighted by molar-refractivity contribution is 0.509. The average Bonchev–Trinajstić information content (AvgIpc) is 2.98. The topological polar surface area (TPSA) is 82.7 Å². The number of benzene rings is 1. The number of thiophene rings is 1. The Kier molecular flexibility index (Phi) is 3.37. The van der Waals surface area contributed by atoms with Crippen molar-refractivity contribution in [1.29, 1.82) is 5.41 Å². The summed E-state index contributed by atoms with van der Waals surface area (Å²) in [4.78, 5) is 22.4. The van der Waals surface area contributed by atoms with Crippen molar-refractivity contribution in [2.45, 2.75) is 26.2 Å². The SMILES string of the molecule is CC1CCc2c(sc3nc(-c4cc5ccccc5oc4=N)[nH]c(=O)c23)C1. The number of nitrogens with one attached hydrogen (secondary N) is 2. The molecule has 1 aromatic carbocycles. The molecule has 3 heterocycles. The number of hydrogen-bond donors (Lipinski definition) is 2. The Balaban J connectivity index is 1.75. The van der Waals surface area contributed by atoms with Crippen LogP contribution in [0, 0.1) is 11.3 Å². The van der Waals surface area contributed by atoms with Crippen molar-refractivity contribution in [2.24, 2.45) is 5.92 Å². The summed E-state index contributed by atoms with van der Waals surface area (Å²) in [5, 5.41) is 9.80. The molecule has 2 N–H and O–H groups in total. The van der Waals surface area contributed by atoms with Crippen LogP contribution in [0.5, 0.6) is 0 Å². The lowest BCUT2D eigenvalue weighted by atomic mass is 9.89. The van der Waals surface area contributed by atoms with Gasteiger partial charge in [-0.2, -0.15) is 0 Å². The van der Waals surface area contributed by atoms with Gasteiger partial charge in [0, 0.05) is 10.3 Å². The van der Waals surface area contributed by atoms with Crippen molar-refractivity contribution < 1.29 is 4.42 Å². The van der Waals surface area contributed by atoms with Crippen LogP contribution in [0.15, 0.2) is 39.5 Å². The van der Waals surface area contributed by atoms with Crippen LogP contribution in [0.1, 0.15) is 23.8 Å². The Hall–Kier alpha value is -2.73. The molecule has 0 radical (unpaired) electrons. The molecule has 130 valence electrons. The fourth-order valence-electron chi connectivity index (χ4n) is 3.73. The van der Waals surface area contributed by atoms with Gasteiger partial charge in [-0.25, -0.2) is 4.98 Å². The van der Waals surface area contributed by atoms with Crippen LogP contribution in [-0.4, -0.2) is 9.97 Å². The third-order valence-electron chi connectivity index (χ3n) is 5.10. The van der Waals surface area contributed by atoms with E-state index in [0.29, 0.717) is 22.9 Å². The first-order valence-corrected chi connectivity index (χ1v) is 9.54. The van der Waals surface area contributed by atoms with Crippen molar-refractivity contribution in [1.82, 2.24) is 9.97 Å². The lowest BCUT2D eigenvalue weighted by Gasteiger charge is -2.17. The van der Waals surface area contributed by atoms with Crippen molar-refractivity contribution in [3.05, 3.63) is 56.7 Å². The summed E-state index contributed by atoms with van der Waals surface area (Å²) in [6.07, 6.45) is 3.07. The number of rotatable bonds is 1. The molecule has 4 aromatic rings. The second kappa shape index (κ2) is 5.64. The second-order valence-corrected chi connectivity index (χ2v) is 8.06. The molecule has 26 heavy (non-hydrogen) atoms. The van der Waals surface area contributed by atoms with Gasteiger partial charge >= 0.3 is 0 Å². The zero-order valence-electron chi connectivity index (χ0n) is 14.3. The summed E-state index contributed by atoms with van der Waals surface area (Å²) in [6.45, 7) is 2.25. The fraction of sp³-hybridized carbons (Fsp3) is 0.250. The maximum Gasteiger partial charge on any atom is 0.260 e. The van der Waals surface area contributed by atoms with Gasteiger partial charge in [0.25, 0.3) is 5.56 Å². The van der Waals surface area contributed by atoms with E-state index < -0.39 is 0 Å². The maximum atomic E-state index is 12.8. The number of H-pyrrole nitrogens is 1. The van der Waals surface area contributed by atoms with Crippen LogP contribution < -0.4 is 11.1 Å². The zero-order valence-corrected chi connectivity index (χ0v) is 15.1. The molecule has 6 heteroatoms. The molecular formula is C20H17N3O2S. The Morgan fingerprint density at radius 2 is 2.19 bits per heavy atom. The number of nitrogens with zero attached hydrogens (tertiary/aromatic N) is 1. The first kappa shape index (κ1) is 15.5. The summed E-state index contributed by atoms with van der Waals surface area (Å²) in [7, 11) is 0. The molecule has 0 amide bonds. The van der Waals surface area contributed by atoms with Gasteiger partial charge in [0.15, 0.2) is 0 Å². The van der Waals surface area contributed by atoms with E-state index in [2.05, 4.69) is 16.9 Å². The van der Waals surface area contributed by atoms with Gasteiger partial charge in [-0.05, 0) is 42.9 Å². The van der Waals surface area contributed by atoms with E-state index in [1.807, 2.05) is 30.3 Å². The molecule has 1 aliphatic carbocycles. The molecule has 0 bridgehead atoms. The Bertz CT molecular complexity index is 1280. The average molecular weight is 363 g/mol. The first-order valence-electron chi connectivity index (χ1n) is 8.72. The molecule has 0 saturated heterocycles. The normalized spacial score (nSPS) is 16.9. The first-order chi connectivity index (χ1) is 12.6. The Morgan fingerprint density at radius 1 is 1.35 bits per heavy atom. The Morgan fingerprint density at radius 3 is 3.08 bits per heavy atom. The Labute approximate surface area is 152 Å². The third kappa shape index (κ3) is 2.33. The number of hydrogen-bond acceptors (Lipinski definition) is 5. The molecule has 5 nitrogen and oxygen atoms in total. The number of para-hydroxylation sites is 1. The molecule has 1 unspecified atom stereocenters. The summed E-state index contributed by atoms with van der Waals surface area (Å²) in [5.41, 5.74) is 2.19. The number of aromatic nitrogens is 2. The van der Waals surface area contributed by atoms with Crippen molar-refractivity contribution >= 4 is 32.5 Å². The van der Waals surface area contributed by atoms with Gasteiger partial charge in [-0.3, -0.25) is 10.2 Å². The van der Waals surface area contributed by atoms with E-state index in [0.717, 1.165) is 40.4 Å². The molecule has 0 aliphatic heterocycles.